The van der Waals surface area contributed by atoms with E-state index < -0.39 is 11.7 Å². The molecule has 30 heavy (non-hydrogen) atoms. The Morgan fingerprint density at radius 2 is 1.70 bits per heavy atom. The summed E-state index contributed by atoms with van der Waals surface area (Å²) < 4.78 is 38.8. The van der Waals surface area contributed by atoms with Crippen LogP contribution in [0.25, 0.3) is 0 Å². The maximum atomic E-state index is 12.9. The molecule has 2 aromatic carbocycles. The minimum absolute atomic E-state index is 0.422. The van der Waals surface area contributed by atoms with Crippen molar-refractivity contribution in [2.24, 2.45) is 4.99 Å². The summed E-state index contributed by atoms with van der Waals surface area (Å²) in [5, 5.41) is 0. The van der Waals surface area contributed by atoms with Crippen molar-refractivity contribution in [2.75, 3.05) is 19.0 Å². The Balaban J connectivity index is 2.20. The van der Waals surface area contributed by atoms with Crippen LogP contribution < -0.4 is 4.90 Å². The molecule has 5 heteroatoms. The predicted octanol–water partition coefficient (Wildman–Crippen LogP) is 6.83. The highest BCUT2D eigenvalue weighted by Crippen LogP contribution is 2.31. The average molecular weight is 410 g/mol. The van der Waals surface area contributed by atoms with Gasteiger partial charge in [0.25, 0.3) is 0 Å². The van der Waals surface area contributed by atoms with E-state index >= 15 is 0 Å². The van der Waals surface area contributed by atoms with Gasteiger partial charge in [0.1, 0.15) is 0 Å². The van der Waals surface area contributed by atoms with Crippen LogP contribution in [0.4, 0.5) is 18.9 Å². The van der Waals surface area contributed by atoms with Crippen molar-refractivity contribution in [3.8, 4) is 0 Å². The average Bonchev–Trinajstić information content (AvgIpc) is 2.75. The van der Waals surface area contributed by atoms with Crippen molar-refractivity contribution in [2.45, 2.75) is 13.1 Å². The Hall–Kier alpha value is -3.34. The molecular weight excluding hydrogens is 385 g/mol. The molecule has 0 unspecified atom stereocenters. The van der Waals surface area contributed by atoms with Gasteiger partial charge in [0.15, 0.2) is 0 Å². The van der Waals surface area contributed by atoms with Gasteiger partial charge >= 0.3 is 6.18 Å². The fourth-order valence-corrected chi connectivity index (χ4v) is 2.92. The van der Waals surface area contributed by atoms with Gasteiger partial charge in [-0.05, 0) is 42.3 Å². The zero-order chi connectivity index (χ0) is 22.3. The molecule has 0 radical (unpaired) electrons. The van der Waals surface area contributed by atoms with Crippen LogP contribution in [-0.2, 0) is 6.18 Å². The second-order valence-corrected chi connectivity index (χ2v) is 6.62. The molecule has 0 saturated heterocycles. The van der Waals surface area contributed by atoms with Crippen molar-refractivity contribution < 1.29 is 13.2 Å². The fourth-order valence-electron chi connectivity index (χ4n) is 2.92. The van der Waals surface area contributed by atoms with E-state index in [1.54, 1.807) is 37.3 Å². The highest BCUT2D eigenvalue weighted by Gasteiger charge is 2.30. The first-order valence-corrected chi connectivity index (χ1v) is 9.34. The highest BCUT2D eigenvalue weighted by molar-refractivity contribution is 6.15. The van der Waals surface area contributed by atoms with Crippen molar-refractivity contribution >= 4 is 11.4 Å². The first-order valence-electron chi connectivity index (χ1n) is 9.34. The zero-order valence-corrected chi connectivity index (χ0v) is 17.4. The molecule has 0 aromatic heterocycles. The highest BCUT2D eigenvalue weighted by atomic mass is 19.4. The SMILES string of the molecule is C=C(/C=C\N(C)c1cccc(C(F)(F)F)c1)C(=C)/C(=C/C)C(=NC)c1ccccc1. The summed E-state index contributed by atoms with van der Waals surface area (Å²) in [6.07, 6.45) is 0.936. The standard InChI is InChI=1S/C25H25F3N2/c1-6-23(24(29-4)20-11-8-7-9-12-20)19(3)18(2)15-16-30(5)22-14-10-13-21(17-22)25(26,27)28/h6-17H,2-3H2,1,4-5H3/b16-15-,23-6-,29-24?. The number of aliphatic imine (C=N–C) groups is 1. The van der Waals surface area contributed by atoms with Gasteiger partial charge in [-0.25, -0.2) is 0 Å². The third-order valence-corrected chi connectivity index (χ3v) is 4.61. The Labute approximate surface area is 176 Å². The minimum atomic E-state index is -4.38. The topological polar surface area (TPSA) is 15.6 Å². The third-order valence-electron chi connectivity index (χ3n) is 4.61. The van der Waals surface area contributed by atoms with E-state index in [4.69, 9.17) is 0 Å². The summed E-state index contributed by atoms with van der Waals surface area (Å²) in [7, 11) is 3.40. The van der Waals surface area contributed by atoms with Crippen LogP contribution >= 0.6 is 0 Å². The summed E-state index contributed by atoms with van der Waals surface area (Å²) in [6, 6.07) is 14.9. The summed E-state index contributed by atoms with van der Waals surface area (Å²) in [4.78, 5) is 6.02. The number of benzene rings is 2. The molecule has 0 spiro atoms. The fraction of sp³-hybridized carbons (Fsp3) is 0.160. The first kappa shape index (κ1) is 22.9. The quantitative estimate of drug-likeness (QED) is 0.361. The molecular formula is C25H25F3N2. The van der Waals surface area contributed by atoms with Gasteiger partial charge in [-0.15, -0.1) is 0 Å². The number of rotatable bonds is 7. The summed E-state index contributed by atoms with van der Waals surface area (Å²) in [5.74, 6) is 0. The van der Waals surface area contributed by atoms with Gasteiger partial charge in [0.2, 0.25) is 0 Å². The van der Waals surface area contributed by atoms with E-state index in [-0.39, 0.29) is 0 Å². The molecule has 2 aromatic rings. The van der Waals surface area contributed by atoms with Crippen molar-refractivity contribution in [1.82, 2.24) is 0 Å². The van der Waals surface area contributed by atoms with Crippen LogP contribution in [0.1, 0.15) is 18.1 Å². The Morgan fingerprint density at radius 1 is 1.03 bits per heavy atom. The van der Waals surface area contributed by atoms with Gasteiger partial charge in [-0.3, -0.25) is 4.99 Å². The molecule has 0 aliphatic carbocycles. The Bertz CT molecular complexity index is 997. The maximum Gasteiger partial charge on any atom is 0.416 e. The largest absolute Gasteiger partial charge is 0.416 e. The number of allylic oxidation sites excluding steroid dienone is 5. The number of nitrogens with zero attached hydrogens (tertiary/aromatic N) is 2. The minimum Gasteiger partial charge on any atom is -0.351 e. The number of halogens is 3. The molecule has 0 amide bonds. The summed E-state index contributed by atoms with van der Waals surface area (Å²) in [5.41, 5.74) is 3.67. The van der Waals surface area contributed by atoms with Crippen LogP contribution in [0.2, 0.25) is 0 Å². The molecule has 156 valence electrons. The van der Waals surface area contributed by atoms with Crippen LogP contribution in [0.3, 0.4) is 0 Å². The van der Waals surface area contributed by atoms with Gasteiger partial charge in [-0.2, -0.15) is 13.2 Å². The number of hydrogen-bond acceptors (Lipinski definition) is 2. The van der Waals surface area contributed by atoms with E-state index in [1.165, 1.54) is 6.07 Å². The molecule has 0 fully saturated rings. The van der Waals surface area contributed by atoms with E-state index in [0.29, 0.717) is 16.8 Å². The molecule has 2 rings (SSSR count). The lowest BCUT2D eigenvalue weighted by atomic mass is 9.92. The number of alkyl halides is 3. The monoisotopic (exact) mass is 410 g/mol. The summed E-state index contributed by atoms with van der Waals surface area (Å²) in [6.45, 7) is 10.1. The van der Waals surface area contributed by atoms with E-state index in [9.17, 15) is 13.2 Å². The molecule has 0 aliphatic rings. The predicted molar refractivity (Wildman–Crippen MR) is 120 cm³/mol. The van der Waals surface area contributed by atoms with Gasteiger partial charge in [-0.1, -0.05) is 55.6 Å². The Kier molecular flexibility index (Phi) is 7.59. The third kappa shape index (κ3) is 5.60. The first-order chi connectivity index (χ1) is 14.2. The van der Waals surface area contributed by atoms with Crippen LogP contribution in [0.5, 0.6) is 0 Å². The van der Waals surface area contributed by atoms with E-state index in [0.717, 1.165) is 29.0 Å². The van der Waals surface area contributed by atoms with Crippen LogP contribution in [0.15, 0.2) is 108 Å². The molecule has 0 bridgehead atoms. The van der Waals surface area contributed by atoms with Crippen molar-refractivity contribution in [1.29, 1.82) is 0 Å². The van der Waals surface area contributed by atoms with Gasteiger partial charge < -0.3 is 4.90 Å². The molecule has 0 N–H and O–H groups in total. The number of anilines is 1. The lowest BCUT2D eigenvalue weighted by Gasteiger charge is -2.17. The van der Waals surface area contributed by atoms with Crippen LogP contribution in [-0.4, -0.2) is 19.8 Å². The van der Waals surface area contributed by atoms with Crippen LogP contribution in [0, 0.1) is 0 Å². The normalized spacial score (nSPS) is 12.9. The molecule has 0 atom stereocenters. The molecule has 0 heterocycles. The Morgan fingerprint density at radius 3 is 2.27 bits per heavy atom. The molecule has 0 aliphatic heterocycles. The summed E-state index contributed by atoms with van der Waals surface area (Å²) >= 11 is 0. The molecule has 0 saturated carbocycles. The number of hydrogen-bond donors (Lipinski definition) is 0. The smallest absolute Gasteiger partial charge is 0.351 e. The van der Waals surface area contributed by atoms with E-state index in [1.807, 2.05) is 43.3 Å². The van der Waals surface area contributed by atoms with Gasteiger partial charge in [0, 0.05) is 37.1 Å². The van der Waals surface area contributed by atoms with Crippen molar-refractivity contribution in [3.63, 3.8) is 0 Å². The zero-order valence-electron chi connectivity index (χ0n) is 17.4. The van der Waals surface area contributed by atoms with Crippen molar-refractivity contribution in [3.05, 3.63) is 114 Å². The molecule has 2 nitrogen and oxygen atoms in total. The second-order valence-electron chi connectivity index (χ2n) is 6.62. The lowest BCUT2D eigenvalue weighted by Crippen LogP contribution is -2.11. The lowest BCUT2D eigenvalue weighted by molar-refractivity contribution is -0.137. The van der Waals surface area contributed by atoms with E-state index in [2.05, 4.69) is 18.2 Å². The van der Waals surface area contributed by atoms with Gasteiger partial charge in [0.05, 0.1) is 11.3 Å². The second kappa shape index (κ2) is 9.92. The maximum absolute atomic E-state index is 12.9.